The van der Waals surface area contributed by atoms with E-state index < -0.39 is 17.5 Å². The predicted molar refractivity (Wildman–Crippen MR) is 45.6 cm³/mol. The second-order valence-corrected chi connectivity index (χ2v) is 2.63. The molecule has 1 N–H and O–H groups in total. The molecule has 2 nitrogen and oxygen atoms in total. The Morgan fingerprint density at radius 2 is 1.87 bits per heavy atom. The molecular formula is C10H4F3NO. The van der Waals surface area contributed by atoms with Crippen molar-refractivity contribution >= 4 is 0 Å². The zero-order valence-electron chi connectivity index (χ0n) is 7.26. The van der Waals surface area contributed by atoms with Gasteiger partial charge in [-0.15, -0.1) is 0 Å². The van der Waals surface area contributed by atoms with E-state index in [0.29, 0.717) is 6.07 Å². The van der Waals surface area contributed by atoms with E-state index in [1.807, 2.05) is 5.92 Å². The Labute approximate surface area is 83.6 Å². The number of nitriles is 1. The van der Waals surface area contributed by atoms with Gasteiger partial charge >= 0.3 is 6.18 Å². The molecule has 0 unspecified atom stereocenters. The van der Waals surface area contributed by atoms with Gasteiger partial charge in [0.1, 0.15) is 5.75 Å². The van der Waals surface area contributed by atoms with Crippen LogP contribution < -0.4 is 0 Å². The number of hydrogen-bond acceptors (Lipinski definition) is 2. The third-order valence-corrected chi connectivity index (χ3v) is 1.51. The molecule has 0 heterocycles. The van der Waals surface area contributed by atoms with Crippen LogP contribution in [0.15, 0.2) is 18.2 Å². The largest absolute Gasteiger partial charge is 0.508 e. The summed E-state index contributed by atoms with van der Waals surface area (Å²) in [4.78, 5) is 0. The Morgan fingerprint density at radius 3 is 2.40 bits per heavy atom. The summed E-state index contributed by atoms with van der Waals surface area (Å²) in [6, 6.07) is 3.89. The summed E-state index contributed by atoms with van der Waals surface area (Å²) in [5, 5.41) is 17.1. The number of nitrogens with zero attached hydrogens (tertiary/aromatic N) is 1. The van der Waals surface area contributed by atoms with Gasteiger partial charge in [-0.2, -0.15) is 18.4 Å². The van der Waals surface area contributed by atoms with E-state index in [1.165, 1.54) is 6.07 Å². The minimum atomic E-state index is -4.54. The van der Waals surface area contributed by atoms with Gasteiger partial charge in [0.05, 0.1) is 5.56 Å². The van der Waals surface area contributed by atoms with Gasteiger partial charge in [-0.3, -0.25) is 0 Å². The van der Waals surface area contributed by atoms with Crippen molar-refractivity contribution in [3.8, 4) is 23.7 Å². The quantitative estimate of drug-likeness (QED) is 0.669. The van der Waals surface area contributed by atoms with Gasteiger partial charge in [0.25, 0.3) is 0 Å². The molecule has 0 aliphatic heterocycles. The first-order valence-electron chi connectivity index (χ1n) is 3.75. The topological polar surface area (TPSA) is 44.0 Å². The molecule has 5 heteroatoms. The Balaban J connectivity index is 3.24. The molecule has 0 aliphatic carbocycles. The van der Waals surface area contributed by atoms with E-state index in [0.717, 1.165) is 12.1 Å². The highest BCUT2D eigenvalue weighted by atomic mass is 19.4. The third kappa shape index (κ3) is 2.92. The lowest BCUT2D eigenvalue weighted by atomic mass is 10.1. The van der Waals surface area contributed by atoms with Crippen LogP contribution in [0.4, 0.5) is 13.2 Å². The van der Waals surface area contributed by atoms with Gasteiger partial charge in [-0.1, -0.05) is 5.92 Å². The summed E-state index contributed by atoms with van der Waals surface area (Å²) in [6.45, 7) is 0. The first-order valence-corrected chi connectivity index (χ1v) is 3.75. The van der Waals surface area contributed by atoms with Gasteiger partial charge in [-0.25, -0.2) is 0 Å². The van der Waals surface area contributed by atoms with Crippen molar-refractivity contribution in [2.45, 2.75) is 6.18 Å². The second kappa shape index (κ2) is 3.93. The fraction of sp³-hybridized carbons (Fsp3) is 0.100. The van der Waals surface area contributed by atoms with E-state index in [4.69, 9.17) is 10.4 Å². The summed E-state index contributed by atoms with van der Waals surface area (Å²) < 4.78 is 36.7. The fourth-order valence-electron chi connectivity index (χ4n) is 0.947. The van der Waals surface area contributed by atoms with Crippen LogP contribution in [0, 0.1) is 23.2 Å². The number of alkyl halides is 3. The van der Waals surface area contributed by atoms with Crippen LogP contribution >= 0.6 is 0 Å². The lowest BCUT2D eigenvalue weighted by molar-refractivity contribution is -0.137. The number of phenolic OH excluding ortho intramolecular Hbond substituents is 1. The maximum atomic E-state index is 12.2. The molecule has 15 heavy (non-hydrogen) atoms. The molecule has 0 radical (unpaired) electrons. The summed E-state index contributed by atoms with van der Waals surface area (Å²) in [5.74, 6) is 3.59. The molecule has 76 valence electrons. The smallest absolute Gasteiger partial charge is 0.416 e. The first kappa shape index (κ1) is 10.9. The highest BCUT2D eigenvalue weighted by molar-refractivity contribution is 5.45. The van der Waals surface area contributed by atoms with Crippen LogP contribution in [0.2, 0.25) is 0 Å². The van der Waals surface area contributed by atoms with Gasteiger partial charge in [0.2, 0.25) is 0 Å². The van der Waals surface area contributed by atoms with Gasteiger partial charge in [-0.05, 0) is 18.2 Å². The fourth-order valence-corrected chi connectivity index (χ4v) is 0.947. The average molecular weight is 211 g/mol. The summed E-state index contributed by atoms with van der Waals surface area (Å²) >= 11 is 0. The normalized spacial score (nSPS) is 10.0. The van der Waals surface area contributed by atoms with Crippen molar-refractivity contribution in [2.24, 2.45) is 0 Å². The standard InChI is InChI=1S/C10H4F3NO/c11-10(12,13)8-4-7(2-1-3-14)5-9(15)6-8/h4-6,15H. The first-order chi connectivity index (χ1) is 6.93. The monoisotopic (exact) mass is 211 g/mol. The van der Waals surface area contributed by atoms with Crippen LogP contribution in [0.5, 0.6) is 5.75 Å². The molecule has 0 bridgehead atoms. The molecule has 1 aromatic carbocycles. The number of aromatic hydroxyl groups is 1. The molecule has 0 saturated heterocycles. The van der Waals surface area contributed by atoms with E-state index in [-0.39, 0.29) is 5.56 Å². The van der Waals surface area contributed by atoms with E-state index in [9.17, 15) is 13.2 Å². The highest BCUT2D eigenvalue weighted by Gasteiger charge is 2.31. The van der Waals surface area contributed by atoms with Crippen molar-refractivity contribution in [3.63, 3.8) is 0 Å². The predicted octanol–water partition coefficient (Wildman–Crippen LogP) is 2.29. The van der Waals surface area contributed by atoms with E-state index in [1.54, 1.807) is 0 Å². The van der Waals surface area contributed by atoms with Crippen molar-refractivity contribution in [1.82, 2.24) is 0 Å². The zero-order valence-corrected chi connectivity index (χ0v) is 7.26. The van der Waals surface area contributed by atoms with Gasteiger partial charge in [0, 0.05) is 11.5 Å². The van der Waals surface area contributed by atoms with Crippen molar-refractivity contribution in [3.05, 3.63) is 29.3 Å². The molecule has 0 spiro atoms. The molecule has 1 aromatic rings. The van der Waals surface area contributed by atoms with Crippen LogP contribution in [0.1, 0.15) is 11.1 Å². The minimum absolute atomic E-state index is 0.0520. The summed E-state index contributed by atoms with van der Waals surface area (Å²) in [6.07, 6.45) is -4.54. The Hall–Kier alpha value is -2.14. The van der Waals surface area contributed by atoms with Crippen molar-refractivity contribution < 1.29 is 18.3 Å². The maximum Gasteiger partial charge on any atom is 0.416 e. The second-order valence-electron chi connectivity index (χ2n) is 2.63. The Bertz CT molecular complexity index is 474. The number of hydrogen-bond donors (Lipinski definition) is 1. The SMILES string of the molecule is N#CC#Cc1cc(O)cc(C(F)(F)F)c1. The Kier molecular flexibility index (Phi) is 2.87. The molecular weight excluding hydrogens is 207 g/mol. The number of benzene rings is 1. The lowest BCUT2D eigenvalue weighted by Crippen LogP contribution is -2.04. The molecule has 0 atom stereocenters. The average Bonchev–Trinajstić information content (AvgIpc) is 2.12. The van der Waals surface area contributed by atoms with Gasteiger partial charge < -0.3 is 5.11 Å². The lowest BCUT2D eigenvalue weighted by Gasteiger charge is -2.07. The van der Waals surface area contributed by atoms with E-state index in [2.05, 4.69) is 5.92 Å². The third-order valence-electron chi connectivity index (χ3n) is 1.51. The summed E-state index contributed by atoms with van der Waals surface area (Å²) in [7, 11) is 0. The number of halogens is 3. The zero-order chi connectivity index (χ0) is 11.5. The maximum absolute atomic E-state index is 12.2. The van der Waals surface area contributed by atoms with Gasteiger partial charge in [0.15, 0.2) is 6.07 Å². The van der Waals surface area contributed by atoms with Crippen LogP contribution in [-0.4, -0.2) is 5.11 Å². The molecule has 0 aromatic heterocycles. The Morgan fingerprint density at radius 1 is 1.20 bits per heavy atom. The van der Waals surface area contributed by atoms with E-state index >= 15 is 0 Å². The van der Waals surface area contributed by atoms with Crippen molar-refractivity contribution in [2.75, 3.05) is 0 Å². The molecule has 0 aliphatic rings. The summed E-state index contributed by atoms with van der Waals surface area (Å²) in [5.41, 5.74) is -1.05. The molecule has 0 amide bonds. The van der Waals surface area contributed by atoms with Crippen LogP contribution in [-0.2, 0) is 6.18 Å². The minimum Gasteiger partial charge on any atom is -0.508 e. The van der Waals surface area contributed by atoms with Crippen LogP contribution in [0.25, 0.3) is 0 Å². The number of phenols is 1. The van der Waals surface area contributed by atoms with Crippen LogP contribution in [0.3, 0.4) is 0 Å². The molecule has 0 fully saturated rings. The number of rotatable bonds is 0. The molecule has 0 saturated carbocycles. The molecule has 1 rings (SSSR count). The highest BCUT2D eigenvalue weighted by Crippen LogP contribution is 2.32. The van der Waals surface area contributed by atoms with Crippen molar-refractivity contribution in [1.29, 1.82) is 5.26 Å².